The van der Waals surface area contributed by atoms with Gasteiger partial charge < -0.3 is 14.5 Å². The molecular weight excluding hydrogens is 403 g/mol. The summed E-state index contributed by atoms with van der Waals surface area (Å²) in [4.78, 5) is 21.2. The number of aromatic nitrogens is 1. The van der Waals surface area contributed by atoms with E-state index in [2.05, 4.69) is 33.1 Å². The van der Waals surface area contributed by atoms with E-state index in [1.165, 1.54) is 6.08 Å². The molecule has 2 fully saturated rings. The molecule has 0 aromatic carbocycles. The Balaban J connectivity index is 1.77. The molecule has 1 aromatic heterocycles. The van der Waals surface area contributed by atoms with Gasteiger partial charge in [-0.05, 0) is 19.9 Å². The lowest BCUT2D eigenvalue weighted by Crippen LogP contribution is -2.52. The van der Waals surface area contributed by atoms with Gasteiger partial charge in [0, 0.05) is 56.9 Å². The fourth-order valence-corrected chi connectivity index (χ4v) is 3.90. The second kappa shape index (κ2) is 9.61. The number of piperazine rings is 1. The highest BCUT2D eigenvalue weighted by Gasteiger charge is 2.31. The van der Waals surface area contributed by atoms with Gasteiger partial charge in [-0.25, -0.2) is 8.78 Å². The summed E-state index contributed by atoms with van der Waals surface area (Å²) in [6.45, 7) is 9.01. The molecule has 2 aliphatic rings. The van der Waals surface area contributed by atoms with Crippen molar-refractivity contribution in [1.82, 2.24) is 14.8 Å². The van der Waals surface area contributed by atoms with Crippen molar-refractivity contribution in [2.24, 2.45) is 0 Å². The third-order valence-electron chi connectivity index (χ3n) is 5.63. The van der Waals surface area contributed by atoms with Crippen LogP contribution in [-0.2, 0) is 0 Å². The summed E-state index contributed by atoms with van der Waals surface area (Å²) < 4.78 is 43.0. The number of hydrogen-bond donors (Lipinski definition) is 0. The minimum atomic E-state index is -3.44. The van der Waals surface area contributed by atoms with Gasteiger partial charge in [-0.15, -0.1) is 0 Å². The van der Waals surface area contributed by atoms with E-state index in [1.807, 2.05) is 4.90 Å². The van der Waals surface area contributed by atoms with E-state index < -0.39 is 29.3 Å². The molecule has 2 aliphatic heterocycles. The molecule has 0 N–H and O–H groups in total. The predicted octanol–water partition coefficient (Wildman–Crippen LogP) is 2.79. The van der Waals surface area contributed by atoms with Crippen molar-refractivity contribution in [1.29, 1.82) is 0 Å². The molecule has 3 heterocycles. The van der Waals surface area contributed by atoms with E-state index >= 15 is 0 Å². The van der Waals surface area contributed by atoms with Gasteiger partial charge in [0.05, 0.1) is 4.92 Å². The molecule has 1 unspecified atom stereocenters. The Morgan fingerprint density at radius 3 is 2.40 bits per heavy atom. The van der Waals surface area contributed by atoms with Crippen molar-refractivity contribution in [3.63, 3.8) is 0 Å². The molecule has 166 valence electrons. The summed E-state index contributed by atoms with van der Waals surface area (Å²) >= 11 is 0. The van der Waals surface area contributed by atoms with Crippen molar-refractivity contribution >= 4 is 17.6 Å². The van der Waals surface area contributed by atoms with Crippen LogP contribution in [0.1, 0.15) is 18.4 Å². The minimum absolute atomic E-state index is 0.323. The maximum Gasteiger partial charge on any atom is 0.331 e. The van der Waals surface area contributed by atoms with Crippen molar-refractivity contribution in [2.75, 3.05) is 51.2 Å². The number of ether oxygens (including phenoxy) is 1. The van der Waals surface area contributed by atoms with Crippen LogP contribution in [-0.4, -0.2) is 84.8 Å². The van der Waals surface area contributed by atoms with Gasteiger partial charge in [0.2, 0.25) is 0 Å². The predicted molar refractivity (Wildman–Crippen MR) is 107 cm³/mol. The second-order valence-electron chi connectivity index (χ2n) is 7.55. The van der Waals surface area contributed by atoms with Gasteiger partial charge in [-0.3, -0.25) is 15.0 Å². The van der Waals surface area contributed by atoms with Crippen LogP contribution in [0.15, 0.2) is 12.6 Å². The van der Waals surface area contributed by atoms with E-state index in [4.69, 9.17) is 0 Å². The summed E-state index contributed by atoms with van der Waals surface area (Å²) in [6.07, 6.45) is -3.28. The van der Waals surface area contributed by atoms with Gasteiger partial charge in [-0.1, -0.05) is 12.7 Å². The van der Waals surface area contributed by atoms with Gasteiger partial charge in [0.25, 0.3) is 12.2 Å². The topological polar surface area (TPSA) is 75.0 Å². The first-order valence-corrected chi connectivity index (χ1v) is 9.88. The Hall–Kier alpha value is -2.40. The lowest BCUT2D eigenvalue weighted by atomic mass is 10.0. The van der Waals surface area contributed by atoms with Crippen LogP contribution in [0, 0.1) is 10.1 Å². The van der Waals surface area contributed by atoms with Crippen LogP contribution in [0.4, 0.5) is 24.7 Å². The van der Waals surface area contributed by atoms with Gasteiger partial charge in [0.15, 0.2) is 0 Å². The van der Waals surface area contributed by atoms with Crippen molar-refractivity contribution < 1.29 is 22.8 Å². The average Bonchev–Trinajstić information content (AvgIpc) is 2.74. The van der Waals surface area contributed by atoms with E-state index in [0.29, 0.717) is 30.5 Å². The number of nitrogens with zero attached hydrogens (tertiary/aromatic N) is 5. The first-order valence-electron chi connectivity index (χ1n) is 9.88. The van der Waals surface area contributed by atoms with Gasteiger partial charge >= 0.3 is 12.1 Å². The largest absolute Gasteiger partial charge is 0.432 e. The molecule has 1 aromatic rings. The number of hydrogen-bond acceptors (Lipinski definition) is 7. The van der Waals surface area contributed by atoms with Crippen LogP contribution in [0.3, 0.4) is 0 Å². The molecular formula is C19H26F3N5O3. The highest BCUT2D eigenvalue weighted by atomic mass is 19.3. The zero-order chi connectivity index (χ0) is 21.8. The number of rotatable bonds is 7. The standard InChI is InChI=1S/C19H26F3N5O3/c1-3-13-12-15(27(28)29)19(30-17(22)16(20)21)23-18(13)26-6-4-14(5-7-26)25-10-8-24(2)9-11-25/h3,12,14,16-17H,1,4-11H2,2H3. The lowest BCUT2D eigenvalue weighted by Gasteiger charge is -2.42. The normalized spacial score (nSPS) is 20.4. The van der Waals surface area contributed by atoms with E-state index in [1.54, 1.807) is 0 Å². The average molecular weight is 429 g/mol. The molecule has 0 bridgehead atoms. The third-order valence-corrected chi connectivity index (χ3v) is 5.63. The monoisotopic (exact) mass is 429 g/mol. The number of pyridine rings is 1. The molecule has 0 radical (unpaired) electrons. The van der Waals surface area contributed by atoms with Crippen molar-refractivity contribution in [3.05, 3.63) is 28.3 Å². The summed E-state index contributed by atoms with van der Waals surface area (Å²) in [5.41, 5.74) is -0.302. The van der Waals surface area contributed by atoms with Crippen LogP contribution < -0.4 is 9.64 Å². The Morgan fingerprint density at radius 1 is 1.23 bits per heavy atom. The molecule has 8 nitrogen and oxygen atoms in total. The summed E-state index contributed by atoms with van der Waals surface area (Å²) in [6, 6.07) is 1.57. The SMILES string of the molecule is C=Cc1cc([N+](=O)[O-])c(OC(F)C(F)F)nc1N1CCC(N2CCN(C)CC2)CC1. The Kier molecular flexibility index (Phi) is 7.14. The quantitative estimate of drug-likeness (QED) is 0.487. The lowest BCUT2D eigenvalue weighted by molar-refractivity contribution is -0.386. The first-order chi connectivity index (χ1) is 14.3. The molecule has 0 aliphatic carbocycles. The van der Waals surface area contributed by atoms with Crippen LogP contribution in [0.25, 0.3) is 6.08 Å². The summed E-state index contributed by atoms with van der Waals surface area (Å²) in [5.74, 6) is -0.432. The molecule has 3 rings (SSSR count). The van der Waals surface area contributed by atoms with Crippen LogP contribution in [0.2, 0.25) is 0 Å². The highest BCUT2D eigenvalue weighted by molar-refractivity contribution is 5.68. The maximum atomic E-state index is 13.4. The third kappa shape index (κ3) is 5.01. The molecule has 1 atom stereocenters. The van der Waals surface area contributed by atoms with Gasteiger partial charge in [0.1, 0.15) is 5.82 Å². The molecule has 2 saturated heterocycles. The highest BCUT2D eigenvalue weighted by Crippen LogP contribution is 2.35. The Bertz CT molecular complexity index is 766. The summed E-state index contributed by atoms with van der Waals surface area (Å²) in [7, 11) is 2.10. The first kappa shape index (κ1) is 22.3. The minimum Gasteiger partial charge on any atom is -0.432 e. The number of piperidine rings is 1. The number of alkyl halides is 3. The number of nitro groups is 1. The van der Waals surface area contributed by atoms with Crippen LogP contribution in [0.5, 0.6) is 5.88 Å². The zero-order valence-electron chi connectivity index (χ0n) is 16.8. The smallest absolute Gasteiger partial charge is 0.331 e. The molecule has 30 heavy (non-hydrogen) atoms. The second-order valence-corrected chi connectivity index (χ2v) is 7.55. The van der Waals surface area contributed by atoms with Crippen molar-refractivity contribution in [3.8, 4) is 5.88 Å². The Labute approximate surface area is 173 Å². The van der Waals surface area contributed by atoms with E-state index in [-0.39, 0.29) is 0 Å². The van der Waals surface area contributed by atoms with E-state index in [9.17, 15) is 23.3 Å². The van der Waals surface area contributed by atoms with Crippen molar-refractivity contribution in [2.45, 2.75) is 31.7 Å². The zero-order valence-corrected chi connectivity index (χ0v) is 16.8. The Morgan fingerprint density at radius 2 is 1.87 bits per heavy atom. The molecule has 0 spiro atoms. The maximum absolute atomic E-state index is 13.4. The fourth-order valence-electron chi connectivity index (χ4n) is 3.90. The number of likely N-dealkylation sites (N-methyl/N-ethyl adjacent to an activating group) is 1. The molecule has 0 amide bonds. The number of halogens is 3. The summed E-state index contributed by atoms with van der Waals surface area (Å²) in [5, 5.41) is 11.3. The number of anilines is 1. The van der Waals surface area contributed by atoms with E-state index in [0.717, 1.165) is 45.1 Å². The van der Waals surface area contributed by atoms with Crippen LogP contribution >= 0.6 is 0 Å². The molecule has 11 heteroatoms. The molecule has 0 saturated carbocycles. The van der Waals surface area contributed by atoms with Gasteiger partial charge in [-0.2, -0.15) is 9.37 Å². The fraction of sp³-hybridized carbons (Fsp3) is 0.632.